The van der Waals surface area contributed by atoms with Gasteiger partial charge in [-0.3, -0.25) is 0 Å². The first-order valence-electron chi connectivity index (χ1n) is 4.96. The molecule has 0 spiro atoms. The molecule has 0 atom stereocenters. The molecule has 1 aromatic heterocycles. The van der Waals surface area contributed by atoms with Gasteiger partial charge < -0.3 is 5.73 Å². The molecule has 0 radical (unpaired) electrons. The summed E-state index contributed by atoms with van der Waals surface area (Å²) in [6, 6.07) is 5.64. The van der Waals surface area contributed by atoms with E-state index in [-0.39, 0.29) is 16.9 Å². The highest BCUT2D eigenvalue weighted by Gasteiger charge is 2.30. The van der Waals surface area contributed by atoms with Crippen LogP contribution in [0.4, 0.5) is 23.4 Å². The molecule has 2 aromatic rings. The van der Waals surface area contributed by atoms with Crippen molar-refractivity contribution in [1.82, 2.24) is 4.98 Å². The molecule has 1 heterocycles. The van der Waals surface area contributed by atoms with Crippen LogP contribution in [0.2, 0.25) is 0 Å². The van der Waals surface area contributed by atoms with Crippen molar-refractivity contribution in [1.29, 1.82) is 0 Å². The number of nitrogens with two attached hydrogens (primary N) is 1. The molecule has 2 rings (SSSR count). The minimum atomic E-state index is -4.43. The molecule has 0 unspecified atom stereocenters. The molecule has 0 aliphatic rings. The maximum absolute atomic E-state index is 13.2. The molecule has 6 heteroatoms. The molecule has 0 fully saturated rings. The number of rotatable bonds is 1. The van der Waals surface area contributed by atoms with E-state index >= 15 is 0 Å². The van der Waals surface area contributed by atoms with Crippen molar-refractivity contribution in [2.45, 2.75) is 6.18 Å². The Balaban J connectivity index is 2.48. The van der Waals surface area contributed by atoms with Gasteiger partial charge in [0.1, 0.15) is 0 Å². The number of alkyl halides is 3. The molecule has 0 aliphatic carbocycles. The summed E-state index contributed by atoms with van der Waals surface area (Å²) in [7, 11) is 0. The quantitative estimate of drug-likeness (QED) is 0.793. The van der Waals surface area contributed by atoms with Gasteiger partial charge in [-0.05, 0) is 23.8 Å². The van der Waals surface area contributed by atoms with Crippen LogP contribution in [0.25, 0.3) is 11.1 Å². The second-order valence-electron chi connectivity index (χ2n) is 3.67. The van der Waals surface area contributed by atoms with Gasteiger partial charge in [0, 0.05) is 11.8 Å². The van der Waals surface area contributed by atoms with Crippen LogP contribution in [0.1, 0.15) is 5.56 Å². The molecule has 2 N–H and O–H groups in total. The lowest BCUT2D eigenvalue weighted by molar-refractivity contribution is -0.137. The van der Waals surface area contributed by atoms with Gasteiger partial charge in [-0.2, -0.15) is 13.2 Å². The average molecular weight is 256 g/mol. The number of anilines is 1. The zero-order valence-electron chi connectivity index (χ0n) is 9.00. The molecule has 0 saturated carbocycles. The van der Waals surface area contributed by atoms with E-state index in [0.29, 0.717) is 0 Å². The van der Waals surface area contributed by atoms with Crippen LogP contribution in [0.5, 0.6) is 0 Å². The third-order valence-corrected chi connectivity index (χ3v) is 2.39. The average Bonchev–Trinajstić information content (AvgIpc) is 2.32. The topological polar surface area (TPSA) is 38.9 Å². The fourth-order valence-corrected chi connectivity index (χ4v) is 1.48. The Labute approximate surface area is 100 Å². The molecule has 18 heavy (non-hydrogen) atoms. The van der Waals surface area contributed by atoms with Gasteiger partial charge in [-0.25, -0.2) is 9.37 Å². The highest BCUT2D eigenvalue weighted by Crippen LogP contribution is 2.32. The summed E-state index contributed by atoms with van der Waals surface area (Å²) >= 11 is 0. The lowest BCUT2D eigenvalue weighted by Crippen LogP contribution is -2.04. The second-order valence-corrected chi connectivity index (χ2v) is 3.67. The van der Waals surface area contributed by atoms with Gasteiger partial charge in [0.15, 0.2) is 11.6 Å². The predicted octanol–water partition coefficient (Wildman–Crippen LogP) is 3.49. The fourth-order valence-electron chi connectivity index (χ4n) is 1.48. The van der Waals surface area contributed by atoms with Crippen LogP contribution in [0, 0.1) is 5.82 Å². The van der Waals surface area contributed by atoms with Crippen molar-refractivity contribution < 1.29 is 17.6 Å². The molecule has 1 aromatic carbocycles. The highest BCUT2D eigenvalue weighted by atomic mass is 19.4. The summed E-state index contributed by atoms with van der Waals surface area (Å²) in [5.41, 5.74) is 4.88. The summed E-state index contributed by atoms with van der Waals surface area (Å²) < 4.78 is 50.7. The van der Waals surface area contributed by atoms with Crippen LogP contribution >= 0.6 is 0 Å². The maximum atomic E-state index is 13.2. The maximum Gasteiger partial charge on any atom is 0.416 e. The number of pyridine rings is 1. The first-order chi connectivity index (χ1) is 8.38. The van der Waals surface area contributed by atoms with E-state index in [1.807, 2.05) is 0 Å². The Bertz CT molecular complexity index is 579. The van der Waals surface area contributed by atoms with Gasteiger partial charge >= 0.3 is 6.18 Å². The van der Waals surface area contributed by atoms with Crippen LogP contribution in [0.15, 0.2) is 36.5 Å². The van der Waals surface area contributed by atoms with Crippen molar-refractivity contribution in [2.24, 2.45) is 0 Å². The largest absolute Gasteiger partial charge is 0.416 e. The summed E-state index contributed by atoms with van der Waals surface area (Å²) in [5.74, 6) is -1.05. The van der Waals surface area contributed by atoms with Crippen LogP contribution in [-0.2, 0) is 6.18 Å². The molecular formula is C12H8F4N2. The van der Waals surface area contributed by atoms with Gasteiger partial charge in [0.25, 0.3) is 0 Å². The zero-order chi connectivity index (χ0) is 13.3. The SMILES string of the molecule is Nc1ncc(-c2cccc(C(F)(F)F)c2)cc1F. The summed E-state index contributed by atoms with van der Waals surface area (Å²) in [5, 5.41) is 0. The van der Waals surface area contributed by atoms with Crippen molar-refractivity contribution in [3.8, 4) is 11.1 Å². The Kier molecular flexibility index (Phi) is 2.94. The Morgan fingerprint density at radius 1 is 1.06 bits per heavy atom. The highest BCUT2D eigenvalue weighted by molar-refractivity contribution is 5.64. The molecule has 2 nitrogen and oxygen atoms in total. The first-order valence-corrected chi connectivity index (χ1v) is 4.96. The monoisotopic (exact) mass is 256 g/mol. The number of aromatic nitrogens is 1. The molecule has 0 amide bonds. The fraction of sp³-hybridized carbons (Fsp3) is 0.0833. The molecule has 0 saturated heterocycles. The van der Waals surface area contributed by atoms with E-state index in [0.717, 1.165) is 18.2 Å². The first kappa shape index (κ1) is 12.3. The number of benzene rings is 1. The van der Waals surface area contributed by atoms with Crippen molar-refractivity contribution in [2.75, 3.05) is 5.73 Å². The van der Waals surface area contributed by atoms with Gasteiger partial charge in [-0.1, -0.05) is 12.1 Å². The number of hydrogen-bond donors (Lipinski definition) is 1. The second kappa shape index (κ2) is 4.29. The lowest BCUT2D eigenvalue weighted by atomic mass is 10.0. The van der Waals surface area contributed by atoms with E-state index in [2.05, 4.69) is 4.98 Å². The smallest absolute Gasteiger partial charge is 0.381 e. The van der Waals surface area contributed by atoms with E-state index in [4.69, 9.17) is 5.73 Å². The molecule has 0 aliphatic heterocycles. The number of nitrogen functional groups attached to an aromatic ring is 1. The van der Waals surface area contributed by atoms with Gasteiger partial charge in [0.05, 0.1) is 5.56 Å². The van der Waals surface area contributed by atoms with Crippen LogP contribution in [0.3, 0.4) is 0 Å². The van der Waals surface area contributed by atoms with Crippen molar-refractivity contribution in [3.05, 3.63) is 47.9 Å². The predicted molar refractivity (Wildman–Crippen MR) is 59.0 cm³/mol. The number of halogens is 4. The summed E-state index contributed by atoms with van der Waals surface area (Å²) in [4.78, 5) is 3.57. The number of nitrogens with zero attached hydrogens (tertiary/aromatic N) is 1. The van der Waals surface area contributed by atoms with E-state index in [1.165, 1.54) is 18.3 Å². The molecular weight excluding hydrogens is 248 g/mol. The number of hydrogen-bond acceptors (Lipinski definition) is 2. The minimum absolute atomic E-state index is 0.233. The van der Waals surface area contributed by atoms with Gasteiger partial charge in [0.2, 0.25) is 0 Å². The van der Waals surface area contributed by atoms with Crippen LogP contribution in [-0.4, -0.2) is 4.98 Å². The molecule has 0 bridgehead atoms. The zero-order valence-corrected chi connectivity index (χ0v) is 9.00. The third kappa shape index (κ3) is 2.42. The molecule has 94 valence electrons. The van der Waals surface area contributed by atoms with Gasteiger partial charge in [-0.15, -0.1) is 0 Å². The van der Waals surface area contributed by atoms with E-state index < -0.39 is 17.6 Å². The van der Waals surface area contributed by atoms with E-state index in [9.17, 15) is 17.6 Å². The Hall–Kier alpha value is -2.11. The lowest BCUT2D eigenvalue weighted by Gasteiger charge is -2.09. The summed E-state index contributed by atoms with van der Waals surface area (Å²) in [6.45, 7) is 0. The Morgan fingerprint density at radius 3 is 2.39 bits per heavy atom. The van der Waals surface area contributed by atoms with Crippen LogP contribution < -0.4 is 5.73 Å². The normalized spacial score (nSPS) is 11.6. The van der Waals surface area contributed by atoms with Crippen molar-refractivity contribution >= 4 is 5.82 Å². The standard InChI is InChI=1S/C12H8F4N2/c13-10-5-8(6-18-11(10)17)7-2-1-3-9(4-7)12(14,15)16/h1-6H,(H2,17,18). The third-order valence-electron chi connectivity index (χ3n) is 2.39. The summed E-state index contributed by atoms with van der Waals surface area (Å²) in [6.07, 6.45) is -3.20. The van der Waals surface area contributed by atoms with E-state index in [1.54, 1.807) is 0 Å². The minimum Gasteiger partial charge on any atom is -0.381 e. The Morgan fingerprint density at radius 2 is 1.78 bits per heavy atom. The van der Waals surface area contributed by atoms with Crippen molar-refractivity contribution in [3.63, 3.8) is 0 Å².